The zero-order valence-corrected chi connectivity index (χ0v) is 14.3. The standard InChI is InChI=1S/C19H16N2O3S/c1-11-6-5-9-15-13(11)10-14-17(22)16(21(23)24)18(25-19(14)20-15)12-7-3-2-4-8-12/h2-10,16-18,22H,1H3/t16-,17-,18+/m0/s1. The molecule has 0 saturated heterocycles. The van der Waals surface area contributed by atoms with Crippen LogP contribution in [0.2, 0.25) is 0 Å². The van der Waals surface area contributed by atoms with Crippen LogP contribution in [-0.4, -0.2) is 21.1 Å². The maximum atomic E-state index is 11.7. The Kier molecular flexibility index (Phi) is 3.94. The van der Waals surface area contributed by atoms with Crippen molar-refractivity contribution in [2.45, 2.75) is 29.3 Å². The molecule has 25 heavy (non-hydrogen) atoms. The van der Waals surface area contributed by atoms with Crippen LogP contribution in [0.15, 0.2) is 59.6 Å². The predicted octanol–water partition coefficient (Wildman–Crippen LogP) is 4.07. The summed E-state index contributed by atoms with van der Waals surface area (Å²) in [4.78, 5) is 16.0. The molecule has 0 saturated carbocycles. The first-order chi connectivity index (χ1) is 12.1. The monoisotopic (exact) mass is 352 g/mol. The van der Waals surface area contributed by atoms with Crippen molar-refractivity contribution < 1.29 is 10.0 Å². The molecule has 3 atom stereocenters. The smallest absolute Gasteiger partial charge is 0.258 e. The quantitative estimate of drug-likeness (QED) is 0.556. The van der Waals surface area contributed by atoms with Crippen LogP contribution in [0.5, 0.6) is 0 Å². The van der Waals surface area contributed by atoms with Gasteiger partial charge in [0.2, 0.25) is 0 Å². The summed E-state index contributed by atoms with van der Waals surface area (Å²) in [5.41, 5.74) is 3.24. The molecule has 126 valence electrons. The van der Waals surface area contributed by atoms with Crippen LogP contribution < -0.4 is 0 Å². The molecule has 2 heterocycles. The van der Waals surface area contributed by atoms with E-state index in [0.717, 1.165) is 22.0 Å². The SMILES string of the molecule is Cc1cccc2nc3c(cc12)[C@H](O)[C@H]([N+](=O)[O-])[C@@H](c1ccccc1)S3. The van der Waals surface area contributed by atoms with Crippen molar-refractivity contribution in [1.29, 1.82) is 0 Å². The number of nitro groups is 1. The highest BCUT2D eigenvalue weighted by molar-refractivity contribution is 7.99. The first-order valence-corrected chi connectivity index (χ1v) is 8.87. The molecule has 1 aliphatic rings. The number of thioether (sulfide) groups is 1. The molecule has 0 spiro atoms. The Morgan fingerprint density at radius 1 is 1.16 bits per heavy atom. The largest absolute Gasteiger partial charge is 0.381 e. The molecular formula is C19H16N2O3S. The summed E-state index contributed by atoms with van der Waals surface area (Å²) in [5, 5.41) is 23.6. The second-order valence-electron chi connectivity index (χ2n) is 6.19. The van der Waals surface area contributed by atoms with Crippen molar-refractivity contribution in [3.05, 3.63) is 81.4 Å². The number of pyridine rings is 1. The van der Waals surface area contributed by atoms with Crippen molar-refractivity contribution in [2.75, 3.05) is 0 Å². The van der Waals surface area contributed by atoms with Crippen molar-refractivity contribution in [1.82, 2.24) is 4.98 Å². The van der Waals surface area contributed by atoms with Crippen LogP contribution in [0, 0.1) is 17.0 Å². The van der Waals surface area contributed by atoms with Crippen molar-refractivity contribution in [3.8, 4) is 0 Å². The third-order valence-electron chi connectivity index (χ3n) is 4.63. The van der Waals surface area contributed by atoms with Gasteiger partial charge < -0.3 is 5.11 Å². The lowest BCUT2D eigenvalue weighted by atomic mass is 9.95. The zero-order chi connectivity index (χ0) is 17.6. The molecule has 0 unspecified atom stereocenters. The van der Waals surface area contributed by atoms with Crippen LogP contribution in [0.3, 0.4) is 0 Å². The third kappa shape index (κ3) is 2.67. The average Bonchev–Trinajstić information content (AvgIpc) is 2.61. The van der Waals surface area contributed by atoms with Gasteiger partial charge >= 0.3 is 0 Å². The highest BCUT2D eigenvalue weighted by atomic mass is 32.2. The predicted molar refractivity (Wildman–Crippen MR) is 97.3 cm³/mol. The molecular weight excluding hydrogens is 336 g/mol. The van der Waals surface area contributed by atoms with Gasteiger partial charge in [-0.1, -0.05) is 54.2 Å². The van der Waals surface area contributed by atoms with E-state index < -0.39 is 17.4 Å². The minimum atomic E-state index is -1.19. The molecule has 0 fully saturated rings. The number of aliphatic hydroxyl groups is 1. The molecule has 5 nitrogen and oxygen atoms in total. The number of hydrogen-bond donors (Lipinski definition) is 1. The molecule has 2 aromatic carbocycles. The van der Waals surface area contributed by atoms with Crippen LogP contribution >= 0.6 is 11.8 Å². The van der Waals surface area contributed by atoms with Gasteiger partial charge in [0.15, 0.2) is 6.10 Å². The lowest BCUT2D eigenvalue weighted by molar-refractivity contribution is -0.536. The summed E-state index contributed by atoms with van der Waals surface area (Å²) >= 11 is 1.36. The van der Waals surface area contributed by atoms with Gasteiger partial charge in [0.1, 0.15) is 10.3 Å². The summed E-state index contributed by atoms with van der Waals surface area (Å²) in [7, 11) is 0. The first-order valence-electron chi connectivity index (χ1n) is 7.99. The number of aryl methyl sites for hydroxylation is 1. The highest BCUT2D eigenvalue weighted by Gasteiger charge is 2.46. The summed E-state index contributed by atoms with van der Waals surface area (Å²) in [6, 6.07) is 15.9. The summed E-state index contributed by atoms with van der Waals surface area (Å²) in [5.74, 6) is 0. The van der Waals surface area contributed by atoms with Gasteiger partial charge in [0.05, 0.1) is 5.52 Å². The van der Waals surface area contributed by atoms with Gasteiger partial charge in [-0.05, 0) is 30.2 Å². The van der Waals surface area contributed by atoms with E-state index in [2.05, 4.69) is 4.98 Å². The first kappa shape index (κ1) is 16.1. The van der Waals surface area contributed by atoms with Crippen LogP contribution in [0.4, 0.5) is 0 Å². The Bertz CT molecular complexity index is 962. The highest BCUT2D eigenvalue weighted by Crippen LogP contribution is 2.49. The number of hydrogen-bond acceptors (Lipinski definition) is 5. The molecule has 4 rings (SSSR count). The maximum Gasteiger partial charge on any atom is 0.258 e. The number of aromatic nitrogens is 1. The van der Waals surface area contributed by atoms with Crippen molar-refractivity contribution >= 4 is 22.7 Å². The maximum absolute atomic E-state index is 11.7. The van der Waals surface area contributed by atoms with Crippen LogP contribution in [0.1, 0.15) is 28.0 Å². The molecule has 0 aliphatic carbocycles. The fraction of sp³-hybridized carbons (Fsp3) is 0.211. The van der Waals surface area contributed by atoms with E-state index in [1.54, 1.807) is 0 Å². The fourth-order valence-electron chi connectivity index (χ4n) is 3.32. The molecule has 1 aliphatic heterocycles. The summed E-state index contributed by atoms with van der Waals surface area (Å²) < 4.78 is 0. The Balaban J connectivity index is 1.89. The lowest BCUT2D eigenvalue weighted by Gasteiger charge is -2.30. The van der Waals surface area contributed by atoms with E-state index in [4.69, 9.17) is 0 Å². The molecule has 0 amide bonds. The molecule has 0 radical (unpaired) electrons. The van der Waals surface area contributed by atoms with Gasteiger partial charge in [-0.3, -0.25) is 10.1 Å². The molecule has 1 N–H and O–H groups in total. The second-order valence-corrected chi connectivity index (χ2v) is 7.32. The van der Waals surface area contributed by atoms with E-state index >= 15 is 0 Å². The minimum absolute atomic E-state index is 0.375. The Labute approximate surface area is 148 Å². The Morgan fingerprint density at radius 3 is 2.64 bits per heavy atom. The Morgan fingerprint density at radius 2 is 1.92 bits per heavy atom. The number of aliphatic hydroxyl groups excluding tert-OH is 1. The fourth-order valence-corrected chi connectivity index (χ4v) is 4.71. The second kappa shape index (κ2) is 6.13. The van der Waals surface area contributed by atoms with Gasteiger partial charge in [-0.2, -0.15) is 0 Å². The average molecular weight is 352 g/mol. The number of nitrogens with zero attached hydrogens (tertiary/aromatic N) is 2. The van der Waals surface area contributed by atoms with Crippen LogP contribution in [-0.2, 0) is 0 Å². The Hall–Kier alpha value is -2.44. The molecule has 6 heteroatoms. The van der Waals surface area contributed by atoms with E-state index in [1.165, 1.54) is 11.8 Å². The number of rotatable bonds is 2. The van der Waals surface area contributed by atoms with E-state index in [-0.39, 0.29) is 4.92 Å². The topological polar surface area (TPSA) is 76.3 Å². The summed E-state index contributed by atoms with van der Waals surface area (Å²) in [6.45, 7) is 1.97. The lowest BCUT2D eigenvalue weighted by Crippen LogP contribution is -2.35. The zero-order valence-electron chi connectivity index (χ0n) is 13.5. The normalized spacial score (nSPS) is 22.6. The van der Waals surface area contributed by atoms with Gasteiger partial charge in [-0.25, -0.2) is 4.98 Å². The molecule has 0 bridgehead atoms. The van der Waals surface area contributed by atoms with Crippen molar-refractivity contribution in [3.63, 3.8) is 0 Å². The van der Waals surface area contributed by atoms with E-state index in [1.807, 2.05) is 61.5 Å². The third-order valence-corrected chi connectivity index (χ3v) is 5.99. The van der Waals surface area contributed by atoms with E-state index in [0.29, 0.717) is 10.6 Å². The molecule has 3 aromatic rings. The van der Waals surface area contributed by atoms with Crippen molar-refractivity contribution in [2.24, 2.45) is 0 Å². The number of benzene rings is 2. The molecule has 1 aromatic heterocycles. The minimum Gasteiger partial charge on any atom is -0.381 e. The van der Waals surface area contributed by atoms with Gasteiger partial charge in [0.25, 0.3) is 6.04 Å². The van der Waals surface area contributed by atoms with Gasteiger partial charge in [-0.15, -0.1) is 0 Å². The van der Waals surface area contributed by atoms with Crippen LogP contribution in [0.25, 0.3) is 10.9 Å². The number of fused-ring (bicyclic) bond motifs is 2. The summed E-state index contributed by atoms with van der Waals surface area (Å²) in [6.07, 6.45) is -1.19. The van der Waals surface area contributed by atoms with E-state index in [9.17, 15) is 15.2 Å². The van der Waals surface area contributed by atoms with Gasteiger partial charge in [0, 0.05) is 15.9 Å².